The van der Waals surface area contributed by atoms with Crippen LogP contribution in [0.5, 0.6) is 0 Å². The Balaban J connectivity index is 2.38. The van der Waals surface area contributed by atoms with Gasteiger partial charge in [-0.1, -0.05) is 32.0 Å². The van der Waals surface area contributed by atoms with E-state index in [1.54, 1.807) is 11.0 Å². The molecule has 0 aliphatic rings. The maximum atomic E-state index is 12.9. The van der Waals surface area contributed by atoms with E-state index in [0.29, 0.717) is 17.6 Å². The summed E-state index contributed by atoms with van der Waals surface area (Å²) >= 11 is 0. The van der Waals surface area contributed by atoms with Crippen LogP contribution in [0, 0.1) is 12.8 Å². The van der Waals surface area contributed by atoms with Gasteiger partial charge in [0.15, 0.2) is 0 Å². The van der Waals surface area contributed by atoms with Gasteiger partial charge in [0.2, 0.25) is 0 Å². The Kier molecular flexibility index (Phi) is 5.32. The van der Waals surface area contributed by atoms with E-state index >= 15 is 0 Å². The fraction of sp³-hybridized carbons (Fsp3) is 0.389. The molecule has 0 bridgehead atoms. The predicted molar refractivity (Wildman–Crippen MR) is 89.5 cm³/mol. The van der Waals surface area contributed by atoms with Crippen molar-refractivity contribution in [2.75, 3.05) is 13.1 Å². The van der Waals surface area contributed by atoms with E-state index in [2.05, 4.69) is 4.98 Å². The second-order valence-electron chi connectivity index (χ2n) is 6.12. The average molecular weight is 314 g/mol. The van der Waals surface area contributed by atoms with Crippen LogP contribution in [0.3, 0.4) is 0 Å². The number of aliphatic carboxylic acids is 1. The van der Waals surface area contributed by atoms with Gasteiger partial charge in [-0.2, -0.15) is 0 Å². The summed E-state index contributed by atoms with van der Waals surface area (Å²) in [6, 6.07) is 9.36. The lowest BCUT2D eigenvalue weighted by Gasteiger charge is -2.24. The maximum Gasteiger partial charge on any atom is 0.305 e. The van der Waals surface area contributed by atoms with Crippen LogP contribution in [0.15, 0.2) is 30.3 Å². The lowest BCUT2D eigenvalue weighted by molar-refractivity contribution is -0.137. The molecule has 1 N–H and O–H groups in total. The summed E-state index contributed by atoms with van der Waals surface area (Å²) in [6.45, 7) is 6.62. The largest absolute Gasteiger partial charge is 0.481 e. The van der Waals surface area contributed by atoms with Crippen LogP contribution in [0.25, 0.3) is 10.9 Å². The first-order chi connectivity index (χ1) is 10.9. The zero-order valence-corrected chi connectivity index (χ0v) is 13.7. The van der Waals surface area contributed by atoms with Gasteiger partial charge in [-0.15, -0.1) is 0 Å². The van der Waals surface area contributed by atoms with Gasteiger partial charge in [0.1, 0.15) is 0 Å². The molecule has 0 fully saturated rings. The van der Waals surface area contributed by atoms with Gasteiger partial charge < -0.3 is 10.0 Å². The highest BCUT2D eigenvalue weighted by Crippen LogP contribution is 2.19. The molecule has 1 aromatic carbocycles. The molecule has 0 atom stereocenters. The van der Waals surface area contributed by atoms with Crippen molar-refractivity contribution in [1.29, 1.82) is 0 Å². The highest BCUT2D eigenvalue weighted by molar-refractivity contribution is 6.05. The Morgan fingerprint density at radius 1 is 1.22 bits per heavy atom. The number of para-hydroxylation sites is 1. The summed E-state index contributed by atoms with van der Waals surface area (Å²) in [6.07, 6.45) is -0.0598. The van der Waals surface area contributed by atoms with Crippen molar-refractivity contribution in [3.63, 3.8) is 0 Å². The molecule has 1 amide bonds. The Morgan fingerprint density at radius 2 is 1.96 bits per heavy atom. The van der Waals surface area contributed by atoms with Crippen LogP contribution >= 0.6 is 0 Å². The summed E-state index contributed by atoms with van der Waals surface area (Å²) in [4.78, 5) is 29.9. The second-order valence-corrected chi connectivity index (χ2v) is 6.12. The van der Waals surface area contributed by atoms with Crippen LogP contribution in [0.4, 0.5) is 0 Å². The van der Waals surface area contributed by atoms with Crippen molar-refractivity contribution < 1.29 is 14.7 Å². The van der Waals surface area contributed by atoms with Crippen LogP contribution in [0.1, 0.15) is 36.3 Å². The number of carboxylic acid groups (broad SMARTS) is 1. The molecular formula is C18H22N2O3. The predicted octanol–water partition coefficient (Wildman–Crippen LogP) is 3.12. The molecule has 0 saturated heterocycles. The lowest BCUT2D eigenvalue weighted by Crippen LogP contribution is -2.36. The van der Waals surface area contributed by atoms with Crippen molar-refractivity contribution in [3.8, 4) is 0 Å². The van der Waals surface area contributed by atoms with Crippen molar-refractivity contribution in [2.45, 2.75) is 27.2 Å². The third-order valence-corrected chi connectivity index (χ3v) is 3.56. The van der Waals surface area contributed by atoms with Crippen molar-refractivity contribution in [2.24, 2.45) is 5.92 Å². The third kappa shape index (κ3) is 4.28. The summed E-state index contributed by atoms with van der Waals surface area (Å²) in [7, 11) is 0. The number of carboxylic acids is 1. The average Bonchev–Trinajstić information content (AvgIpc) is 2.49. The van der Waals surface area contributed by atoms with Gasteiger partial charge in [-0.25, -0.2) is 0 Å². The van der Waals surface area contributed by atoms with E-state index in [1.165, 1.54) is 0 Å². The number of nitrogens with zero attached hydrogens (tertiary/aromatic N) is 2. The molecule has 1 heterocycles. The molecule has 5 heteroatoms. The van der Waals surface area contributed by atoms with Crippen molar-refractivity contribution in [3.05, 3.63) is 41.6 Å². The van der Waals surface area contributed by atoms with E-state index in [1.807, 2.05) is 45.0 Å². The summed E-state index contributed by atoms with van der Waals surface area (Å²) < 4.78 is 0. The van der Waals surface area contributed by atoms with Crippen molar-refractivity contribution >= 4 is 22.8 Å². The molecule has 1 aromatic heterocycles. The molecular weight excluding hydrogens is 292 g/mol. The number of hydrogen-bond donors (Lipinski definition) is 1. The molecule has 2 rings (SSSR count). The number of amides is 1. The van der Waals surface area contributed by atoms with Gasteiger partial charge in [0.25, 0.3) is 5.91 Å². The first kappa shape index (κ1) is 16.9. The normalized spacial score (nSPS) is 11.0. The fourth-order valence-electron chi connectivity index (χ4n) is 2.53. The van der Waals surface area contributed by atoms with Crippen molar-refractivity contribution in [1.82, 2.24) is 9.88 Å². The Hall–Kier alpha value is -2.43. The number of rotatable bonds is 6. The Bertz CT molecular complexity index is 725. The molecule has 23 heavy (non-hydrogen) atoms. The number of aromatic nitrogens is 1. The van der Waals surface area contributed by atoms with E-state index in [4.69, 9.17) is 5.11 Å². The first-order valence-corrected chi connectivity index (χ1v) is 7.76. The number of aryl methyl sites for hydroxylation is 1. The SMILES string of the molecule is Cc1ccc2cccc(C(=O)N(CCC(=O)O)CC(C)C)c2n1. The molecule has 2 aromatic rings. The van der Waals surface area contributed by atoms with Crippen LogP contribution in [-0.4, -0.2) is 40.0 Å². The molecule has 0 unspecified atom stereocenters. The fourth-order valence-corrected chi connectivity index (χ4v) is 2.53. The number of fused-ring (bicyclic) bond motifs is 1. The topological polar surface area (TPSA) is 70.5 Å². The van der Waals surface area contributed by atoms with E-state index in [0.717, 1.165) is 11.1 Å². The number of carbonyl (C=O) groups excluding carboxylic acids is 1. The molecule has 0 spiro atoms. The minimum atomic E-state index is -0.904. The van der Waals surface area contributed by atoms with Crippen LogP contribution < -0.4 is 0 Å². The van der Waals surface area contributed by atoms with E-state index < -0.39 is 5.97 Å². The summed E-state index contributed by atoms with van der Waals surface area (Å²) in [5.74, 6) is -0.806. The number of benzene rings is 1. The van der Waals surface area contributed by atoms with Gasteiger partial charge >= 0.3 is 5.97 Å². The number of pyridine rings is 1. The minimum absolute atomic E-state index is 0.0598. The quantitative estimate of drug-likeness (QED) is 0.889. The lowest BCUT2D eigenvalue weighted by atomic mass is 10.1. The Morgan fingerprint density at radius 3 is 2.61 bits per heavy atom. The number of carbonyl (C=O) groups is 2. The van der Waals surface area contributed by atoms with Crippen LogP contribution in [0.2, 0.25) is 0 Å². The minimum Gasteiger partial charge on any atom is -0.481 e. The summed E-state index contributed by atoms with van der Waals surface area (Å²) in [5, 5.41) is 9.81. The first-order valence-electron chi connectivity index (χ1n) is 7.76. The highest BCUT2D eigenvalue weighted by atomic mass is 16.4. The van der Waals surface area contributed by atoms with Gasteiger partial charge in [-0.05, 0) is 25.0 Å². The van der Waals surface area contributed by atoms with E-state index in [9.17, 15) is 9.59 Å². The smallest absolute Gasteiger partial charge is 0.305 e. The molecule has 0 aliphatic carbocycles. The Labute approximate surface area is 135 Å². The molecule has 5 nitrogen and oxygen atoms in total. The van der Waals surface area contributed by atoms with Gasteiger partial charge in [0, 0.05) is 24.2 Å². The second kappa shape index (κ2) is 7.22. The zero-order chi connectivity index (χ0) is 17.0. The molecule has 0 radical (unpaired) electrons. The molecule has 0 aliphatic heterocycles. The van der Waals surface area contributed by atoms with Gasteiger partial charge in [-0.3, -0.25) is 14.6 Å². The van der Waals surface area contributed by atoms with Crippen LogP contribution in [-0.2, 0) is 4.79 Å². The summed E-state index contributed by atoms with van der Waals surface area (Å²) in [5.41, 5.74) is 2.04. The standard InChI is InChI=1S/C18H22N2O3/c1-12(2)11-20(10-9-16(21)22)18(23)15-6-4-5-14-8-7-13(3)19-17(14)15/h4-8,12H,9-11H2,1-3H3,(H,21,22). The monoisotopic (exact) mass is 314 g/mol. The number of hydrogen-bond acceptors (Lipinski definition) is 3. The van der Waals surface area contributed by atoms with E-state index in [-0.39, 0.29) is 24.8 Å². The zero-order valence-electron chi connectivity index (χ0n) is 13.7. The third-order valence-electron chi connectivity index (χ3n) is 3.56. The van der Waals surface area contributed by atoms with Gasteiger partial charge in [0.05, 0.1) is 17.5 Å². The highest BCUT2D eigenvalue weighted by Gasteiger charge is 2.20. The maximum absolute atomic E-state index is 12.9. The molecule has 122 valence electrons. The molecule has 0 saturated carbocycles.